The van der Waals surface area contributed by atoms with E-state index in [2.05, 4.69) is 73.9 Å². The van der Waals surface area contributed by atoms with E-state index in [0.29, 0.717) is 12.5 Å². The highest BCUT2D eigenvalue weighted by Crippen LogP contribution is 2.31. The minimum Gasteiger partial charge on any atom is -0.493 e. The van der Waals surface area contributed by atoms with Crippen LogP contribution in [0.5, 0.6) is 11.5 Å². The Morgan fingerprint density at radius 3 is 2.19 bits per heavy atom. The van der Waals surface area contributed by atoms with Crippen LogP contribution in [-0.2, 0) is 13.0 Å². The predicted molar refractivity (Wildman–Crippen MR) is 131 cm³/mol. The highest BCUT2D eigenvalue weighted by molar-refractivity contribution is 5.76. The van der Waals surface area contributed by atoms with Gasteiger partial charge in [0.15, 0.2) is 11.5 Å². The molecular weight excluding hydrogens is 396 g/mol. The van der Waals surface area contributed by atoms with Gasteiger partial charge in [0.2, 0.25) is 0 Å². The van der Waals surface area contributed by atoms with Crippen LogP contribution < -0.4 is 9.47 Å². The fourth-order valence-electron chi connectivity index (χ4n) is 4.32. The Morgan fingerprint density at radius 1 is 0.812 bits per heavy atom. The predicted octanol–water partition coefficient (Wildman–Crippen LogP) is 6.45. The van der Waals surface area contributed by atoms with Gasteiger partial charge in [0.1, 0.15) is 5.82 Å². The van der Waals surface area contributed by atoms with Crippen molar-refractivity contribution in [2.45, 2.75) is 39.7 Å². The van der Waals surface area contributed by atoms with Gasteiger partial charge in [0.25, 0.3) is 0 Å². The highest BCUT2D eigenvalue weighted by Gasteiger charge is 2.19. The molecule has 1 heterocycles. The summed E-state index contributed by atoms with van der Waals surface area (Å²) < 4.78 is 13.2. The molecule has 4 aromatic rings. The fraction of sp³-hybridized carbons (Fsp3) is 0.321. The lowest BCUT2D eigenvalue weighted by Gasteiger charge is -2.17. The van der Waals surface area contributed by atoms with Crippen LogP contribution in [0.1, 0.15) is 49.2 Å². The zero-order valence-electron chi connectivity index (χ0n) is 19.6. The number of rotatable bonds is 8. The third-order valence-corrected chi connectivity index (χ3v) is 5.98. The second-order valence-corrected chi connectivity index (χ2v) is 8.80. The van der Waals surface area contributed by atoms with Crippen molar-refractivity contribution in [1.29, 1.82) is 0 Å². The van der Waals surface area contributed by atoms with Gasteiger partial charge in [-0.05, 0) is 53.3 Å². The fourth-order valence-corrected chi connectivity index (χ4v) is 4.32. The lowest BCUT2D eigenvalue weighted by atomic mass is 9.96. The van der Waals surface area contributed by atoms with E-state index in [0.717, 1.165) is 40.3 Å². The Balaban J connectivity index is 1.72. The van der Waals surface area contributed by atoms with Gasteiger partial charge in [0, 0.05) is 12.5 Å². The van der Waals surface area contributed by atoms with Crippen LogP contribution in [0, 0.1) is 5.92 Å². The van der Waals surface area contributed by atoms with Gasteiger partial charge in [-0.1, -0.05) is 63.2 Å². The third-order valence-electron chi connectivity index (χ3n) is 5.98. The molecular formula is C28H32N2O2. The Kier molecular flexibility index (Phi) is 6.50. The second-order valence-electron chi connectivity index (χ2n) is 8.80. The molecule has 1 unspecified atom stereocenters. The first-order valence-corrected chi connectivity index (χ1v) is 11.2. The number of hydrogen-bond donors (Lipinski definition) is 0. The summed E-state index contributed by atoms with van der Waals surface area (Å²) in [4.78, 5) is 5.04. The first-order chi connectivity index (χ1) is 15.5. The minimum atomic E-state index is 0.177. The maximum atomic E-state index is 5.52. The van der Waals surface area contributed by atoms with Crippen molar-refractivity contribution in [1.82, 2.24) is 9.55 Å². The van der Waals surface area contributed by atoms with E-state index in [4.69, 9.17) is 14.5 Å². The van der Waals surface area contributed by atoms with E-state index < -0.39 is 0 Å². The average molecular weight is 429 g/mol. The normalized spacial score (nSPS) is 12.3. The van der Waals surface area contributed by atoms with E-state index >= 15 is 0 Å². The molecule has 1 aromatic heterocycles. The Morgan fingerprint density at radius 2 is 1.50 bits per heavy atom. The van der Waals surface area contributed by atoms with Gasteiger partial charge >= 0.3 is 0 Å². The summed E-state index contributed by atoms with van der Waals surface area (Å²) in [5.74, 6) is 3.38. The van der Waals surface area contributed by atoms with Gasteiger partial charge < -0.3 is 14.0 Å². The molecule has 0 radical (unpaired) electrons. The van der Waals surface area contributed by atoms with Crippen molar-refractivity contribution in [3.8, 4) is 11.5 Å². The van der Waals surface area contributed by atoms with E-state index in [1.165, 1.54) is 11.1 Å². The third kappa shape index (κ3) is 4.50. The number of fused-ring (bicyclic) bond motifs is 1. The molecule has 4 nitrogen and oxygen atoms in total. The Labute approximate surface area is 190 Å². The van der Waals surface area contributed by atoms with Gasteiger partial charge in [-0.25, -0.2) is 4.98 Å². The summed E-state index contributed by atoms with van der Waals surface area (Å²) in [6.07, 6.45) is 1.10. The van der Waals surface area contributed by atoms with Gasteiger partial charge in [-0.15, -0.1) is 0 Å². The quantitative estimate of drug-likeness (QED) is 0.323. The van der Waals surface area contributed by atoms with Crippen LogP contribution in [0.2, 0.25) is 0 Å². The zero-order valence-corrected chi connectivity index (χ0v) is 19.6. The number of benzene rings is 3. The number of ether oxygens (including phenoxy) is 2. The maximum absolute atomic E-state index is 5.52. The molecule has 0 bridgehead atoms. The molecule has 4 rings (SSSR count). The van der Waals surface area contributed by atoms with Crippen LogP contribution in [0.4, 0.5) is 0 Å². The number of imidazole rings is 1. The van der Waals surface area contributed by atoms with Crippen molar-refractivity contribution in [3.63, 3.8) is 0 Å². The Bertz CT molecular complexity index is 1190. The first kappa shape index (κ1) is 21.9. The van der Waals surface area contributed by atoms with Crippen molar-refractivity contribution < 1.29 is 9.47 Å². The minimum absolute atomic E-state index is 0.177. The molecule has 0 saturated heterocycles. The molecule has 0 aliphatic heterocycles. The van der Waals surface area contributed by atoms with Gasteiger partial charge in [-0.3, -0.25) is 0 Å². The SMILES string of the molecule is COc1ccc(Cn2c(C(C)c3ccc(CC(C)C)cc3)nc3ccccc32)cc1OC. The Hall–Kier alpha value is -3.27. The molecule has 166 valence electrons. The standard InChI is InChI=1S/C28H32N2O2/c1-19(2)16-21-10-13-23(14-11-21)20(3)28-29-24-8-6-7-9-25(24)30(28)18-22-12-15-26(31-4)27(17-22)32-5/h6-15,17,19-20H,16,18H2,1-5H3. The molecule has 0 amide bonds. The van der Waals surface area contributed by atoms with E-state index in [-0.39, 0.29) is 5.92 Å². The summed E-state index contributed by atoms with van der Waals surface area (Å²) in [5, 5.41) is 0. The number of nitrogens with zero attached hydrogens (tertiary/aromatic N) is 2. The average Bonchev–Trinajstić information content (AvgIpc) is 3.17. The van der Waals surface area contributed by atoms with E-state index in [1.807, 2.05) is 18.2 Å². The van der Waals surface area contributed by atoms with E-state index in [9.17, 15) is 0 Å². The molecule has 0 fully saturated rings. The smallest absolute Gasteiger partial charge is 0.161 e. The molecule has 0 N–H and O–H groups in total. The largest absolute Gasteiger partial charge is 0.493 e. The summed E-state index contributed by atoms with van der Waals surface area (Å²) >= 11 is 0. The second kappa shape index (κ2) is 9.47. The molecule has 1 atom stereocenters. The molecule has 32 heavy (non-hydrogen) atoms. The lowest BCUT2D eigenvalue weighted by molar-refractivity contribution is 0.354. The number of methoxy groups -OCH3 is 2. The zero-order chi connectivity index (χ0) is 22.7. The highest BCUT2D eigenvalue weighted by atomic mass is 16.5. The van der Waals surface area contributed by atoms with Crippen LogP contribution in [0.15, 0.2) is 66.7 Å². The van der Waals surface area contributed by atoms with Crippen molar-refractivity contribution in [2.24, 2.45) is 5.92 Å². The number of hydrogen-bond acceptors (Lipinski definition) is 3. The monoisotopic (exact) mass is 428 g/mol. The molecule has 0 spiro atoms. The van der Waals surface area contributed by atoms with Crippen LogP contribution in [0.25, 0.3) is 11.0 Å². The molecule has 4 heteroatoms. The maximum Gasteiger partial charge on any atom is 0.161 e. The van der Waals surface area contributed by atoms with Gasteiger partial charge in [-0.2, -0.15) is 0 Å². The topological polar surface area (TPSA) is 36.3 Å². The molecule has 0 aliphatic carbocycles. The van der Waals surface area contributed by atoms with Crippen LogP contribution in [-0.4, -0.2) is 23.8 Å². The van der Waals surface area contributed by atoms with Crippen LogP contribution >= 0.6 is 0 Å². The number of para-hydroxylation sites is 2. The number of aromatic nitrogens is 2. The lowest BCUT2D eigenvalue weighted by Crippen LogP contribution is -2.10. The van der Waals surface area contributed by atoms with Gasteiger partial charge in [0.05, 0.1) is 25.3 Å². The van der Waals surface area contributed by atoms with Crippen molar-refractivity contribution in [2.75, 3.05) is 14.2 Å². The van der Waals surface area contributed by atoms with Crippen molar-refractivity contribution >= 4 is 11.0 Å². The molecule has 3 aromatic carbocycles. The van der Waals surface area contributed by atoms with E-state index in [1.54, 1.807) is 14.2 Å². The summed E-state index contributed by atoms with van der Waals surface area (Å²) in [6, 6.07) is 23.5. The summed E-state index contributed by atoms with van der Waals surface area (Å²) in [5.41, 5.74) is 5.97. The summed E-state index contributed by atoms with van der Waals surface area (Å²) in [7, 11) is 3.33. The first-order valence-electron chi connectivity index (χ1n) is 11.2. The summed E-state index contributed by atoms with van der Waals surface area (Å²) in [6.45, 7) is 7.47. The van der Waals surface area contributed by atoms with Crippen LogP contribution in [0.3, 0.4) is 0 Å². The molecule has 0 aliphatic rings. The van der Waals surface area contributed by atoms with Crippen molar-refractivity contribution in [3.05, 3.63) is 89.2 Å². The molecule has 0 saturated carbocycles.